The van der Waals surface area contributed by atoms with Gasteiger partial charge < -0.3 is 10.6 Å². The number of hydrogen-bond donors (Lipinski definition) is 2. The summed E-state index contributed by atoms with van der Waals surface area (Å²) in [5, 5.41) is 8.35. The van der Waals surface area contributed by atoms with Crippen molar-refractivity contribution in [2.75, 3.05) is 18.8 Å². The highest BCUT2D eigenvalue weighted by atomic mass is 35.5. The van der Waals surface area contributed by atoms with E-state index in [1.165, 1.54) is 11.8 Å². The largest absolute Gasteiger partial charge is 0.352 e. The predicted molar refractivity (Wildman–Crippen MR) is 136 cm³/mol. The Morgan fingerprint density at radius 3 is 2.58 bits per heavy atom. The average molecular weight is 501 g/mol. The second-order valence-corrected chi connectivity index (χ2v) is 9.90. The van der Waals surface area contributed by atoms with Gasteiger partial charge in [0.05, 0.1) is 15.8 Å². The first-order valence-corrected chi connectivity index (χ1v) is 12.8. The van der Waals surface area contributed by atoms with Crippen LogP contribution in [0.15, 0.2) is 66.1 Å². The minimum absolute atomic E-state index is 0.0181. The number of nitrogens with zero attached hydrogens (tertiary/aromatic N) is 2. The van der Waals surface area contributed by atoms with Crippen molar-refractivity contribution in [3.05, 3.63) is 76.5 Å². The molecule has 1 amide bonds. The van der Waals surface area contributed by atoms with Crippen molar-refractivity contribution in [3.63, 3.8) is 0 Å². The molecule has 1 aliphatic heterocycles. The molecule has 33 heavy (non-hydrogen) atoms. The molecule has 0 aliphatic carbocycles. The Morgan fingerprint density at radius 1 is 1.09 bits per heavy atom. The van der Waals surface area contributed by atoms with Crippen LogP contribution in [-0.2, 0) is 11.2 Å². The fourth-order valence-corrected chi connectivity index (χ4v) is 4.95. The number of rotatable bonds is 8. The molecule has 8 heteroatoms. The van der Waals surface area contributed by atoms with E-state index < -0.39 is 0 Å². The third-order valence-electron chi connectivity index (χ3n) is 5.76. The van der Waals surface area contributed by atoms with Crippen molar-refractivity contribution in [1.82, 2.24) is 20.6 Å². The van der Waals surface area contributed by atoms with Crippen molar-refractivity contribution in [2.45, 2.75) is 30.5 Å². The highest BCUT2D eigenvalue weighted by Crippen LogP contribution is 2.25. The van der Waals surface area contributed by atoms with Gasteiger partial charge in [0.2, 0.25) is 5.91 Å². The molecule has 0 bridgehead atoms. The lowest BCUT2D eigenvalue weighted by Gasteiger charge is -2.31. The van der Waals surface area contributed by atoms with Crippen LogP contribution in [0.4, 0.5) is 0 Å². The van der Waals surface area contributed by atoms with Gasteiger partial charge in [-0.25, -0.2) is 9.97 Å². The quantitative estimate of drug-likeness (QED) is 0.325. The summed E-state index contributed by atoms with van der Waals surface area (Å²) in [6, 6.07) is 15.7. The Bertz CT molecular complexity index is 1060. The van der Waals surface area contributed by atoms with Gasteiger partial charge in [-0.1, -0.05) is 71.4 Å². The first-order chi connectivity index (χ1) is 16.1. The molecule has 0 saturated carbocycles. The molecule has 1 aliphatic rings. The lowest BCUT2D eigenvalue weighted by molar-refractivity contribution is -0.119. The summed E-state index contributed by atoms with van der Waals surface area (Å²) >= 11 is 13.6. The van der Waals surface area contributed by atoms with Crippen LogP contribution in [0, 0.1) is 5.92 Å². The van der Waals surface area contributed by atoms with Crippen molar-refractivity contribution >= 4 is 40.9 Å². The van der Waals surface area contributed by atoms with E-state index in [2.05, 4.69) is 20.6 Å². The zero-order valence-corrected chi connectivity index (χ0v) is 20.5. The molecule has 1 fully saturated rings. The summed E-state index contributed by atoms with van der Waals surface area (Å²) in [4.78, 5) is 21.6. The zero-order valence-electron chi connectivity index (χ0n) is 18.1. The zero-order chi connectivity index (χ0) is 23.0. The van der Waals surface area contributed by atoms with Crippen LogP contribution in [0.2, 0.25) is 10.0 Å². The highest BCUT2D eigenvalue weighted by Gasteiger charge is 2.25. The van der Waals surface area contributed by atoms with Gasteiger partial charge in [-0.05, 0) is 61.5 Å². The van der Waals surface area contributed by atoms with Crippen molar-refractivity contribution in [2.24, 2.45) is 5.92 Å². The molecule has 2 heterocycles. The van der Waals surface area contributed by atoms with Gasteiger partial charge in [0, 0.05) is 24.0 Å². The van der Waals surface area contributed by atoms with Crippen LogP contribution >= 0.6 is 35.0 Å². The van der Waals surface area contributed by atoms with Crippen LogP contribution in [0.3, 0.4) is 0 Å². The van der Waals surface area contributed by atoms with Gasteiger partial charge in [-0.2, -0.15) is 0 Å². The summed E-state index contributed by atoms with van der Waals surface area (Å²) in [5.74, 6) is 0.609. The van der Waals surface area contributed by atoms with E-state index in [9.17, 15) is 4.79 Å². The number of benzene rings is 2. The molecule has 4 rings (SSSR count). The molecular weight excluding hydrogens is 475 g/mol. The fourth-order valence-electron chi connectivity index (χ4n) is 4.03. The molecule has 2 unspecified atom stereocenters. The van der Waals surface area contributed by atoms with Crippen LogP contribution in [-0.4, -0.2) is 40.8 Å². The molecular formula is C25H26Cl2N4OS. The Balaban J connectivity index is 1.36. The molecule has 0 spiro atoms. The molecule has 2 N–H and O–H groups in total. The number of thioether (sulfide) groups is 1. The first kappa shape index (κ1) is 24.0. The Morgan fingerprint density at radius 2 is 1.88 bits per heavy atom. The lowest BCUT2D eigenvalue weighted by atomic mass is 9.87. The molecule has 5 nitrogen and oxygen atoms in total. The van der Waals surface area contributed by atoms with Crippen LogP contribution in [0.1, 0.15) is 18.4 Å². The molecule has 172 valence electrons. The molecule has 1 aromatic heterocycles. The Hall–Kier alpha value is -2.12. The Kier molecular flexibility index (Phi) is 8.62. The van der Waals surface area contributed by atoms with E-state index in [0.717, 1.165) is 42.6 Å². The minimum Gasteiger partial charge on any atom is -0.352 e. The number of hydrogen-bond acceptors (Lipinski definition) is 5. The predicted octanol–water partition coefficient (Wildman–Crippen LogP) is 5.27. The summed E-state index contributed by atoms with van der Waals surface area (Å²) in [6.07, 6.45) is 6.49. The second kappa shape index (κ2) is 11.8. The maximum atomic E-state index is 12.8. The summed E-state index contributed by atoms with van der Waals surface area (Å²) in [6.45, 7) is 1.92. The Labute approximate surface area is 208 Å². The van der Waals surface area contributed by atoms with E-state index in [1.54, 1.807) is 12.4 Å². The van der Waals surface area contributed by atoms with Gasteiger partial charge in [-0.15, -0.1) is 0 Å². The maximum Gasteiger partial charge on any atom is 0.230 e. The normalized spacial score (nSPS) is 16.8. The topological polar surface area (TPSA) is 66.9 Å². The standard InChI is InChI=1S/C25H26Cl2N4OS/c26-21-9-8-17(11-22(21)27)12-23(19-7-4-10-28-13-19)31-24(32)16-33-25-29-14-20(15-30-25)18-5-2-1-3-6-18/h1-3,5-6,8-9,11,14-15,19,23,28H,4,7,10,12-13,16H2,(H,31,32). The van der Waals surface area contributed by atoms with E-state index in [0.29, 0.717) is 27.5 Å². The van der Waals surface area contributed by atoms with E-state index in [1.807, 2.05) is 48.5 Å². The number of aromatic nitrogens is 2. The molecule has 3 aromatic rings. The van der Waals surface area contributed by atoms with E-state index >= 15 is 0 Å². The fraction of sp³-hybridized carbons (Fsp3) is 0.320. The lowest BCUT2D eigenvalue weighted by Crippen LogP contribution is -2.48. The number of nitrogens with one attached hydrogen (secondary N) is 2. The second-order valence-electron chi connectivity index (χ2n) is 8.14. The van der Waals surface area contributed by atoms with Gasteiger partial charge in [0.1, 0.15) is 0 Å². The smallest absolute Gasteiger partial charge is 0.230 e. The number of carbonyl (C=O) groups is 1. The van der Waals surface area contributed by atoms with Crippen molar-refractivity contribution in [1.29, 1.82) is 0 Å². The monoisotopic (exact) mass is 500 g/mol. The van der Waals surface area contributed by atoms with Crippen molar-refractivity contribution in [3.8, 4) is 11.1 Å². The number of piperidine rings is 1. The SMILES string of the molecule is O=C(CSc1ncc(-c2ccccc2)cn1)NC(Cc1ccc(Cl)c(Cl)c1)C1CCCNC1. The third-order valence-corrected chi connectivity index (χ3v) is 7.37. The maximum absolute atomic E-state index is 12.8. The van der Waals surface area contributed by atoms with E-state index in [4.69, 9.17) is 23.2 Å². The summed E-state index contributed by atoms with van der Waals surface area (Å²) in [5.41, 5.74) is 3.08. The van der Waals surface area contributed by atoms with Gasteiger partial charge >= 0.3 is 0 Å². The van der Waals surface area contributed by atoms with Crippen LogP contribution < -0.4 is 10.6 Å². The summed E-state index contributed by atoms with van der Waals surface area (Å²) < 4.78 is 0. The van der Waals surface area contributed by atoms with Gasteiger partial charge in [-0.3, -0.25) is 4.79 Å². The van der Waals surface area contributed by atoms with Crippen LogP contribution in [0.5, 0.6) is 0 Å². The highest BCUT2D eigenvalue weighted by molar-refractivity contribution is 7.99. The molecule has 2 atom stereocenters. The minimum atomic E-state index is -0.0219. The number of halogens is 2. The molecule has 1 saturated heterocycles. The molecule has 2 aromatic carbocycles. The third kappa shape index (κ3) is 6.93. The number of amides is 1. The van der Waals surface area contributed by atoms with Crippen LogP contribution in [0.25, 0.3) is 11.1 Å². The van der Waals surface area contributed by atoms with Gasteiger partial charge in [0.25, 0.3) is 0 Å². The first-order valence-electron chi connectivity index (χ1n) is 11.0. The summed E-state index contributed by atoms with van der Waals surface area (Å²) in [7, 11) is 0. The molecule has 0 radical (unpaired) electrons. The number of carbonyl (C=O) groups excluding carboxylic acids is 1. The van der Waals surface area contributed by atoms with Gasteiger partial charge in [0.15, 0.2) is 5.16 Å². The van der Waals surface area contributed by atoms with E-state index in [-0.39, 0.29) is 17.7 Å². The average Bonchev–Trinajstić information content (AvgIpc) is 2.86. The van der Waals surface area contributed by atoms with Crippen molar-refractivity contribution < 1.29 is 4.79 Å².